The van der Waals surface area contributed by atoms with Gasteiger partial charge in [0.2, 0.25) is 5.95 Å². The van der Waals surface area contributed by atoms with Crippen molar-refractivity contribution in [2.45, 2.75) is 6.42 Å². The highest BCUT2D eigenvalue weighted by Crippen LogP contribution is 2.14. The van der Waals surface area contributed by atoms with Gasteiger partial charge in [-0.3, -0.25) is 0 Å². The molecule has 2 N–H and O–H groups in total. The number of halogens is 1. The minimum atomic E-state index is 0.425. The number of nitrogens with zero attached hydrogens (tertiary/aromatic N) is 2. The summed E-state index contributed by atoms with van der Waals surface area (Å²) in [5.41, 5.74) is 2.97. The zero-order valence-corrected chi connectivity index (χ0v) is 14.3. The second kappa shape index (κ2) is 7.86. The van der Waals surface area contributed by atoms with Gasteiger partial charge in [-0.05, 0) is 48.1 Å². The van der Waals surface area contributed by atoms with Crippen LogP contribution >= 0.6 is 23.8 Å². The molecule has 1 heterocycles. The lowest BCUT2D eigenvalue weighted by molar-refractivity contribution is 1.04. The van der Waals surface area contributed by atoms with Crippen LogP contribution in [0.2, 0.25) is 5.02 Å². The minimum absolute atomic E-state index is 0.425. The summed E-state index contributed by atoms with van der Waals surface area (Å²) in [6, 6.07) is 19.4. The molecular weight excluding hydrogens is 340 g/mol. The van der Waals surface area contributed by atoms with Crippen LogP contribution in [0.5, 0.6) is 0 Å². The summed E-state index contributed by atoms with van der Waals surface area (Å²) in [6.07, 6.45) is 2.47. The molecule has 1 aromatic heterocycles. The third kappa shape index (κ3) is 4.75. The van der Waals surface area contributed by atoms with Crippen LogP contribution in [0.15, 0.2) is 66.9 Å². The summed E-state index contributed by atoms with van der Waals surface area (Å²) in [7, 11) is 0. The van der Waals surface area contributed by atoms with Crippen molar-refractivity contribution in [2.75, 3.05) is 10.6 Å². The van der Waals surface area contributed by atoms with Crippen LogP contribution in [0.25, 0.3) is 0 Å². The van der Waals surface area contributed by atoms with Gasteiger partial charge in [0.05, 0.1) is 5.69 Å². The van der Waals surface area contributed by atoms with E-state index in [2.05, 4.69) is 32.7 Å². The van der Waals surface area contributed by atoms with Gasteiger partial charge in [0.1, 0.15) is 0 Å². The standard InChI is InChI=1S/C18H15ClN4S/c19-14-6-8-15(9-7-14)22-18(24)23-17-20-11-10-16(21-17)12-13-4-2-1-3-5-13/h1-11H,12H2,(H2,20,21,22,23,24). The Bertz CT molecular complexity index is 822. The van der Waals surface area contributed by atoms with Crippen LogP contribution < -0.4 is 10.6 Å². The predicted molar refractivity (Wildman–Crippen MR) is 103 cm³/mol. The second-order valence-corrected chi connectivity index (χ2v) is 5.96. The number of hydrogen-bond acceptors (Lipinski definition) is 3. The van der Waals surface area contributed by atoms with Gasteiger partial charge >= 0.3 is 0 Å². The van der Waals surface area contributed by atoms with Crippen LogP contribution in [0.1, 0.15) is 11.3 Å². The Morgan fingerprint density at radius 2 is 1.71 bits per heavy atom. The Morgan fingerprint density at radius 1 is 0.958 bits per heavy atom. The summed E-state index contributed by atoms with van der Waals surface area (Å²) in [5.74, 6) is 0.467. The Labute approximate surface area is 150 Å². The van der Waals surface area contributed by atoms with Crippen LogP contribution in [-0.2, 0) is 6.42 Å². The van der Waals surface area contributed by atoms with Gasteiger partial charge in [-0.1, -0.05) is 41.9 Å². The lowest BCUT2D eigenvalue weighted by Gasteiger charge is -2.10. The average molecular weight is 355 g/mol. The zero-order chi connectivity index (χ0) is 16.8. The summed E-state index contributed by atoms with van der Waals surface area (Å²) in [6.45, 7) is 0. The van der Waals surface area contributed by atoms with Gasteiger partial charge in [0.25, 0.3) is 0 Å². The molecule has 0 spiro atoms. The van der Waals surface area contributed by atoms with Crippen molar-refractivity contribution in [3.8, 4) is 0 Å². The number of hydrogen-bond donors (Lipinski definition) is 2. The van der Waals surface area contributed by atoms with Gasteiger partial charge in [0.15, 0.2) is 5.11 Å². The van der Waals surface area contributed by atoms with Gasteiger partial charge in [-0.2, -0.15) is 0 Å². The van der Waals surface area contributed by atoms with E-state index in [1.54, 1.807) is 18.3 Å². The summed E-state index contributed by atoms with van der Waals surface area (Å²) >= 11 is 11.2. The summed E-state index contributed by atoms with van der Waals surface area (Å²) < 4.78 is 0. The third-order valence-electron chi connectivity index (χ3n) is 3.27. The zero-order valence-electron chi connectivity index (χ0n) is 12.7. The molecule has 0 aliphatic heterocycles. The first kappa shape index (κ1) is 16.4. The molecule has 0 fully saturated rings. The Morgan fingerprint density at radius 3 is 2.46 bits per heavy atom. The Hall–Kier alpha value is -2.50. The SMILES string of the molecule is S=C(Nc1ccc(Cl)cc1)Nc1nccc(Cc2ccccc2)n1. The number of benzene rings is 2. The quantitative estimate of drug-likeness (QED) is 0.674. The van der Waals surface area contributed by atoms with E-state index in [9.17, 15) is 0 Å². The largest absolute Gasteiger partial charge is 0.332 e. The molecule has 0 radical (unpaired) electrons. The van der Waals surface area contributed by atoms with E-state index < -0.39 is 0 Å². The maximum atomic E-state index is 5.87. The molecular formula is C18H15ClN4S. The van der Waals surface area contributed by atoms with Crippen molar-refractivity contribution in [3.63, 3.8) is 0 Å². The second-order valence-electron chi connectivity index (χ2n) is 5.12. The number of thiocarbonyl (C=S) groups is 1. The van der Waals surface area contributed by atoms with Crippen molar-refractivity contribution in [1.82, 2.24) is 9.97 Å². The van der Waals surface area contributed by atoms with Crippen molar-refractivity contribution >= 4 is 40.6 Å². The normalized spacial score (nSPS) is 10.2. The predicted octanol–water partition coefficient (Wildman–Crippen LogP) is 4.53. The van der Waals surface area contributed by atoms with Gasteiger partial charge in [-0.15, -0.1) is 0 Å². The molecule has 3 aromatic rings. The maximum absolute atomic E-state index is 5.87. The highest BCUT2D eigenvalue weighted by atomic mass is 35.5. The number of aromatic nitrogens is 2. The highest BCUT2D eigenvalue weighted by molar-refractivity contribution is 7.80. The Kier molecular flexibility index (Phi) is 5.36. The maximum Gasteiger partial charge on any atom is 0.229 e. The van der Waals surface area contributed by atoms with E-state index in [0.29, 0.717) is 16.1 Å². The van der Waals surface area contributed by atoms with Gasteiger partial charge in [-0.25, -0.2) is 9.97 Å². The molecule has 0 aliphatic carbocycles. The first-order valence-corrected chi connectivity index (χ1v) is 8.17. The van der Waals surface area contributed by atoms with E-state index >= 15 is 0 Å². The lowest BCUT2D eigenvalue weighted by Crippen LogP contribution is -2.20. The third-order valence-corrected chi connectivity index (χ3v) is 3.72. The van der Waals surface area contributed by atoms with Crippen LogP contribution in [0.4, 0.5) is 11.6 Å². The van der Waals surface area contributed by atoms with Crippen molar-refractivity contribution in [1.29, 1.82) is 0 Å². The average Bonchev–Trinajstić information content (AvgIpc) is 2.58. The molecule has 2 aromatic carbocycles. The van der Waals surface area contributed by atoms with Crippen molar-refractivity contribution in [3.05, 3.63) is 83.1 Å². The first-order chi connectivity index (χ1) is 11.7. The monoisotopic (exact) mass is 354 g/mol. The molecule has 0 saturated heterocycles. The fourth-order valence-electron chi connectivity index (χ4n) is 2.16. The van der Waals surface area contributed by atoms with Crippen LogP contribution in [0, 0.1) is 0 Å². The molecule has 4 nitrogen and oxygen atoms in total. The minimum Gasteiger partial charge on any atom is -0.332 e. The first-order valence-electron chi connectivity index (χ1n) is 7.38. The number of rotatable bonds is 4. The van der Waals surface area contributed by atoms with E-state index in [-0.39, 0.29) is 0 Å². The molecule has 0 bridgehead atoms. The van der Waals surface area contributed by atoms with Crippen molar-refractivity contribution < 1.29 is 0 Å². The van der Waals surface area contributed by atoms with E-state index in [4.69, 9.17) is 23.8 Å². The van der Waals surface area contributed by atoms with Gasteiger partial charge < -0.3 is 10.6 Å². The van der Waals surface area contributed by atoms with Crippen LogP contribution in [-0.4, -0.2) is 15.1 Å². The Balaban J connectivity index is 1.63. The van der Waals surface area contributed by atoms with Crippen LogP contribution in [0.3, 0.4) is 0 Å². The highest BCUT2D eigenvalue weighted by Gasteiger charge is 2.04. The topological polar surface area (TPSA) is 49.8 Å². The molecule has 6 heteroatoms. The molecule has 0 aliphatic rings. The molecule has 24 heavy (non-hydrogen) atoms. The van der Waals surface area contributed by atoms with Crippen molar-refractivity contribution in [2.24, 2.45) is 0 Å². The molecule has 0 amide bonds. The smallest absolute Gasteiger partial charge is 0.229 e. The fraction of sp³-hybridized carbons (Fsp3) is 0.0556. The molecule has 0 atom stereocenters. The summed E-state index contributed by atoms with van der Waals surface area (Å²) in [4.78, 5) is 8.70. The molecule has 3 rings (SSSR count). The fourth-order valence-corrected chi connectivity index (χ4v) is 2.49. The molecule has 0 saturated carbocycles. The van der Waals surface area contributed by atoms with Gasteiger partial charge in [0, 0.05) is 23.3 Å². The summed E-state index contributed by atoms with van der Waals surface area (Å²) in [5, 5.41) is 7.17. The molecule has 120 valence electrons. The molecule has 0 unspecified atom stereocenters. The van der Waals surface area contributed by atoms with E-state index in [1.807, 2.05) is 36.4 Å². The number of anilines is 2. The van der Waals surface area contributed by atoms with E-state index in [1.165, 1.54) is 5.56 Å². The van der Waals surface area contributed by atoms with E-state index in [0.717, 1.165) is 17.8 Å². The number of nitrogens with one attached hydrogen (secondary N) is 2. The lowest BCUT2D eigenvalue weighted by atomic mass is 10.1.